The molecule has 0 saturated heterocycles. The Labute approximate surface area is 62.2 Å². The molecule has 0 aromatic heterocycles. The largest absolute Gasteiger partial charge is 0.395 e. The molecule has 0 fully saturated rings. The lowest BCUT2D eigenvalue weighted by Gasteiger charge is -2.21. The molecule has 3 N–H and O–H groups in total. The van der Waals surface area contributed by atoms with Crippen molar-refractivity contribution in [3.63, 3.8) is 0 Å². The third-order valence-electron chi connectivity index (χ3n) is 0.965. The van der Waals surface area contributed by atoms with Crippen molar-refractivity contribution in [1.29, 1.82) is 0 Å². The Morgan fingerprint density at radius 1 is 1.50 bits per heavy atom. The van der Waals surface area contributed by atoms with Gasteiger partial charge in [-0.3, -0.25) is 0 Å². The third kappa shape index (κ3) is 6.01. The van der Waals surface area contributed by atoms with Crippen LogP contribution in [-0.4, -0.2) is 30.0 Å². The average Bonchev–Trinajstić information content (AvgIpc) is 1.81. The average molecular weight is 147 g/mol. The summed E-state index contributed by atoms with van der Waals surface area (Å²) in [6, 6.07) is -0.251. The van der Waals surface area contributed by atoms with Gasteiger partial charge in [-0.2, -0.15) is 0 Å². The molecule has 62 valence electrons. The van der Waals surface area contributed by atoms with Gasteiger partial charge in [0, 0.05) is 0 Å². The molecule has 3 nitrogen and oxygen atoms in total. The summed E-state index contributed by atoms with van der Waals surface area (Å²) in [5.41, 5.74) is 5.25. The van der Waals surface area contributed by atoms with Gasteiger partial charge < -0.3 is 15.6 Å². The van der Waals surface area contributed by atoms with Crippen LogP contribution in [-0.2, 0) is 4.74 Å². The van der Waals surface area contributed by atoms with Gasteiger partial charge in [-0.25, -0.2) is 0 Å². The van der Waals surface area contributed by atoms with Crippen LogP contribution >= 0.6 is 0 Å². The van der Waals surface area contributed by atoms with Crippen molar-refractivity contribution < 1.29 is 9.84 Å². The van der Waals surface area contributed by atoms with Crippen molar-refractivity contribution in [2.45, 2.75) is 32.4 Å². The monoisotopic (exact) mass is 147 g/mol. The lowest BCUT2D eigenvalue weighted by Crippen LogP contribution is -2.34. The first-order valence-corrected chi connectivity index (χ1v) is 3.46. The zero-order chi connectivity index (χ0) is 8.20. The molecule has 0 aromatic carbocycles. The summed E-state index contributed by atoms with van der Waals surface area (Å²) in [6.07, 6.45) is 0. The van der Waals surface area contributed by atoms with Crippen LogP contribution in [0.1, 0.15) is 20.8 Å². The SMILES string of the molecule is CC(C)(C)OC[C@@H](N)CO. The lowest BCUT2D eigenvalue weighted by molar-refractivity contribution is -0.0158. The van der Waals surface area contributed by atoms with Gasteiger partial charge in [0.05, 0.1) is 24.9 Å². The summed E-state index contributed by atoms with van der Waals surface area (Å²) in [5.74, 6) is 0. The predicted molar refractivity (Wildman–Crippen MR) is 40.8 cm³/mol. The molecule has 10 heavy (non-hydrogen) atoms. The number of aliphatic hydroxyl groups excluding tert-OH is 1. The molecule has 1 atom stereocenters. The van der Waals surface area contributed by atoms with Crippen molar-refractivity contribution in [3.8, 4) is 0 Å². The fraction of sp³-hybridized carbons (Fsp3) is 1.00. The number of rotatable bonds is 3. The Morgan fingerprint density at radius 2 is 2.00 bits per heavy atom. The minimum atomic E-state index is -0.251. The van der Waals surface area contributed by atoms with Gasteiger partial charge in [-0.05, 0) is 20.8 Å². The summed E-state index contributed by atoms with van der Waals surface area (Å²) in [7, 11) is 0. The van der Waals surface area contributed by atoms with Gasteiger partial charge in [0.2, 0.25) is 0 Å². The van der Waals surface area contributed by atoms with E-state index in [1.807, 2.05) is 20.8 Å². The van der Waals surface area contributed by atoms with Crippen LogP contribution in [0.5, 0.6) is 0 Å². The van der Waals surface area contributed by atoms with E-state index < -0.39 is 0 Å². The number of hydrogen-bond acceptors (Lipinski definition) is 3. The van der Waals surface area contributed by atoms with Gasteiger partial charge in [0.15, 0.2) is 0 Å². The first-order chi connectivity index (χ1) is 4.45. The number of hydrogen-bond donors (Lipinski definition) is 2. The molecule has 0 heterocycles. The van der Waals surface area contributed by atoms with E-state index in [-0.39, 0.29) is 18.2 Å². The van der Waals surface area contributed by atoms with Crippen LogP contribution in [0.4, 0.5) is 0 Å². The van der Waals surface area contributed by atoms with Crippen LogP contribution in [0.25, 0.3) is 0 Å². The van der Waals surface area contributed by atoms with Crippen LogP contribution in [0.2, 0.25) is 0 Å². The maximum absolute atomic E-state index is 8.53. The number of ether oxygens (including phenoxy) is 1. The topological polar surface area (TPSA) is 55.5 Å². The van der Waals surface area contributed by atoms with Crippen molar-refractivity contribution in [2.75, 3.05) is 13.2 Å². The molecule has 0 radical (unpaired) electrons. The number of aliphatic hydroxyl groups is 1. The Hall–Kier alpha value is -0.120. The highest BCUT2D eigenvalue weighted by molar-refractivity contribution is 4.63. The van der Waals surface area contributed by atoms with Crippen LogP contribution in [0.15, 0.2) is 0 Å². The first kappa shape index (κ1) is 9.88. The van der Waals surface area contributed by atoms with E-state index in [2.05, 4.69) is 0 Å². The lowest BCUT2D eigenvalue weighted by atomic mass is 10.2. The zero-order valence-corrected chi connectivity index (χ0v) is 6.92. The van der Waals surface area contributed by atoms with Gasteiger partial charge in [-0.15, -0.1) is 0 Å². The molecule has 0 bridgehead atoms. The minimum absolute atomic E-state index is 0.0178. The molecule has 3 heteroatoms. The van der Waals surface area contributed by atoms with E-state index in [1.165, 1.54) is 0 Å². The summed E-state index contributed by atoms with van der Waals surface area (Å²) >= 11 is 0. The van der Waals surface area contributed by atoms with Gasteiger partial charge in [0.25, 0.3) is 0 Å². The fourth-order valence-corrected chi connectivity index (χ4v) is 0.410. The Balaban J connectivity index is 3.36. The Kier molecular flexibility index (Phi) is 3.86. The summed E-state index contributed by atoms with van der Waals surface area (Å²) in [5, 5.41) is 8.53. The highest BCUT2D eigenvalue weighted by Gasteiger charge is 2.11. The van der Waals surface area contributed by atoms with Crippen molar-refractivity contribution in [3.05, 3.63) is 0 Å². The molecular formula is C7H17NO2. The zero-order valence-electron chi connectivity index (χ0n) is 6.92. The Bertz CT molecular complexity index is 88.1. The van der Waals surface area contributed by atoms with Crippen LogP contribution in [0, 0.1) is 0 Å². The molecule has 0 aliphatic rings. The van der Waals surface area contributed by atoms with E-state index in [0.717, 1.165) is 0 Å². The smallest absolute Gasteiger partial charge is 0.0647 e. The van der Waals surface area contributed by atoms with E-state index in [0.29, 0.717) is 6.61 Å². The van der Waals surface area contributed by atoms with Crippen LogP contribution in [0.3, 0.4) is 0 Å². The normalized spacial score (nSPS) is 15.3. The maximum Gasteiger partial charge on any atom is 0.0647 e. The molecule has 0 aromatic rings. The summed E-state index contributed by atoms with van der Waals surface area (Å²) in [4.78, 5) is 0. The molecule has 0 rings (SSSR count). The highest BCUT2D eigenvalue weighted by Crippen LogP contribution is 2.05. The van der Waals surface area contributed by atoms with E-state index in [9.17, 15) is 0 Å². The first-order valence-electron chi connectivity index (χ1n) is 3.46. The molecule has 0 aliphatic heterocycles. The molecule has 0 aliphatic carbocycles. The third-order valence-corrected chi connectivity index (χ3v) is 0.965. The molecule has 0 spiro atoms. The molecule has 0 unspecified atom stereocenters. The van der Waals surface area contributed by atoms with E-state index in [1.54, 1.807) is 0 Å². The molecule has 0 amide bonds. The number of nitrogens with two attached hydrogens (primary N) is 1. The highest BCUT2D eigenvalue weighted by atomic mass is 16.5. The van der Waals surface area contributed by atoms with Crippen molar-refractivity contribution in [1.82, 2.24) is 0 Å². The fourth-order valence-electron chi connectivity index (χ4n) is 0.410. The molecular weight excluding hydrogens is 130 g/mol. The summed E-state index contributed by atoms with van der Waals surface area (Å²) < 4.78 is 5.30. The second-order valence-electron chi connectivity index (χ2n) is 3.37. The standard InChI is InChI=1S/C7H17NO2/c1-7(2,3)10-5-6(8)4-9/h6,9H,4-5,8H2,1-3H3/t6-/m0/s1. The minimum Gasteiger partial charge on any atom is -0.395 e. The Morgan fingerprint density at radius 3 is 2.30 bits per heavy atom. The van der Waals surface area contributed by atoms with Gasteiger partial charge >= 0.3 is 0 Å². The van der Waals surface area contributed by atoms with E-state index in [4.69, 9.17) is 15.6 Å². The predicted octanol–water partition coefficient (Wildman–Crippen LogP) is 0.121. The van der Waals surface area contributed by atoms with Crippen LogP contribution < -0.4 is 5.73 Å². The second kappa shape index (κ2) is 3.91. The quantitative estimate of drug-likeness (QED) is 0.596. The van der Waals surface area contributed by atoms with Crippen molar-refractivity contribution in [2.24, 2.45) is 5.73 Å². The van der Waals surface area contributed by atoms with Gasteiger partial charge in [0.1, 0.15) is 0 Å². The summed E-state index contributed by atoms with van der Waals surface area (Å²) in [6.45, 7) is 6.27. The van der Waals surface area contributed by atoms with E-state index >= 15 is 0 Å². The maximum atomic E-state index is 8.53. The van der Waals surface area contributed by atoms with Crippen molar-refractivity contribution >= 4 is 0 Å². The molecule has 0 saturated carbocycles. The second-order valence-corrected chi connectivity index (χ2v) is 3.37. The van der Waals surface area contributed by atoms with Gasteiger partial charge in [-0.1, -0.05) is 0 Å².